The smallest absolute Gasteiger partial charge is 0.276 e. The van der Waals surface area contributed by atoms with Gasteiger partial charge in [0, 0.05) is 30.1 Å². The van der Waals surface area contributed by atoms with E-state index in [4.69, 9.17) is 4.52 Å². The van der Waals surface area contributed by atoms with Crippen LogP contribution >= 0.6 is 11.3 Å². The summed E-state index contributed by atoms with van der Waals surface area (Å²) in [5.74, 6) is 0.925. The number of likely N-dealkylation sites (tertiary alicyclic amines) is 1. The summed E-state index contributed by atoms with van der Waals surface area (Å²) >= 11 is 1.62. The fourth-order valence-corrected chi connectivity index (χ4v) is 4.14. The maximum atomic E-state index is 12.9. The van der Waals surface area contributed by atoms with Crippen LogP contribution in [0.3, 0.4) is 0 Å². The molecule has 4 rings (SSSR count). The molecule has 0 unspecified atom stereocenters. The molecule has 2 aromatic rings. The van der Waals surface area contributed by atoms with Gasteiger partial charge in [0.1, 0.15) is 10.8 Å². The van der Waals surface area contributed by atoms with Gasteiger partial charge in [0.2, 0.25) is 0 Å². The van der Waals surface area contributed by atoms with Crippen LogP contribution in [0.25, 0.3) is 0 Å². The topological polar surface area (TPSA) is 59.2 Å². The largest absolute Gasteiger partial charge is 0.360 e. The van der Waals surface area contributed by atoms with Crippen LogP contribution in [-0.4, -0.2) is 27.5 Å². The maximum Gasteiger partial charge on any atom is 0.276 e. The quantitative estimate of drug-likeness (QED) is 0.855. The third-order valence-corrected chi connectivity index (χ3v) is 5.28. The Bertz CT molecular complexity index is 650. The molecule has 1 amide bonds. The van der Waals surface area contributed by atoms with E-state index in [1.807, 2.05) is 10.3 Å². The van der Waals surface area contributed by atoms with Crippen LogP contribution in [0.15, 0.2) is 16.1 Å². The standard InChI is InChI=1S/C15H17N3O2S/c19-15(13-10-4-1-2-6-12(10)20-17-13)18-8-3-5-11(18)14-16-7-9-21-14/h7,9,11H,1-6,8H2/t11-/m0/s1. The first-order valence-electron chi connectivity index (χ1n) is 7.52. The second-order valence-electron chi connectivity index (χ2n) is 5.67. The van der Waals surface area contributed by atoms with Crippen molar-refractivity contribution in [1.82, 2.24) is 15.0 Å². The number of thiazole rings is 1. The third-order valence-electron chi connectivity index (χ3n) is 4.40. The van der Waals surface area contributed by atoms with E-state index in [2.05, 4.69) is 10.1 Å². The SMILES string of the molecule is O=C(c1noc2c1CCCC2)N1CCC[C@H]1c1nccs1. The fraction of sp³-hybridized carbons (Fsp3) is 0.533. The van der Waals surface area contributed by atoms with E-state index < -0.39 is 0 Å². The minimum absolute atomic E-state index is 0.0135. The van der Waals surface area contributed by atoms with Gasteiger partial charge in [0.15, 0.2) is 5.69 Å². The lowest BCUT2D eigenvalue weighted by molar-refractivity contribution is 0.0724. The first-order valence-corrected chi connectivity index (χ1v) is 8.40. The molecule has 0 bridgehead atoms. The average molecular weight is 303 g/mol. The van der Waals surface area contributed by atoms with Crippen LogP contribution < -0.4 is 0 Å². The zero-order chi connectivity index (χ0) is 14.2. The summed E-state index contributed by atoms with van der Waals surface area (Å²) in [6.07, 6.45) is 7.88. The second kappa shape index (κ2) is 5.26. The lowest BCUT2D eigenvalue weighted by Crippen LogP contribution is -2.31. The zero-order valence-electron chi connectivity index (χ0n) is 11.7. The first-order chi connectivity index (χ1) is 10.3. The molecule has 21 heavy (non-hydrogen) atoms. The predicted molar refractivity (Wildman–Crippen MR) is 78.3 cm³/mol. The van der Waals surface area contributed by atoms with Gasteiger partial charge in [-0.3, -0.25) is 4.79 Å². The summed E-state index contributed by atoms with van der Waals surface area (Å²) in [6.45, 7) is 0.782. The van der Waals surface area contributed by atoms with Crippen molar-refractivity contribution in [3.05, 3.63) is 33.6 Å². The number of aryl methyl sites for hydroxylation is 1. The van der Waals surface area contributed by atoms with E-state index in [0.717, 1.165) is 61.4 Å². The second-order valence-corrected chi connectivity index (χ2v) is 6.59. The summed E-state index contributed by atoms with van der Waals surface area (Å²) in [6, 6.07) is 0.105. The highest BCUT2D eigenvalue weighted by molar-refractivity contribution is 7.09. The van der Waals surface area contributed by atoms with Crippen LogP contribution in [-0.2, 0) is 12.8 Å². The maximum absolute atomic E-state index is 12.9. The van der Waals surface area contributed by atoms with Crippen LogP contribution in [0.4, 0.5) is 0 Å². The Morgan fingerprint density at radius 1 is 1.33 bits per heavy atom. The molecule has 1 aliphatic carbocycles. The summed E-state index contributed by atoms with van der Waals surface area (Å²) in [4.78, 5) is 19.2. The summed E-state index contributed by atoms with van der Waals surface area (Å²) in [7, 11) is 0. The predicted octanol–water partition coefficient (Wildman–Crippen LogP) is 2.99. The van der Waals surface area contributed by atoms with Crippen molar-refractivity contribution in [3.63, 3.8) is 0 Å². The summed E-state index contributed by atoms with van der Waals surface area (Å²) < 4.78 is 5.38. The molecular weight excluding hydrogens is 286 g/mol. The highest BCUT2D eigenvalue weighted by atomic mass is 32.1. The van der Waals surface area contributed by atoms with Crippen LogP contribution in [0.5, 0.6) is 0 Å². The minimum Gasteiger partial charge on any atom is -0.360 e. The zero-order valence-corrected chi connectivity index (χ0v) is 12.6. The van der Waals surface area contributed by atoms with Crippen molar-refractivity contribution in [3.8, 4) is 0 Å². The minimum atomic E-state index is 0.0135. The molecule has 6 heteroatoms. The Morgan fingerprint density at radius 2 is 2.24 bits per heavy atom. The number of aromatic nitrogens is 2. The molecular formula is C15H17N3O2S. The van der Waals surface area contributed by atoms with Gasteiger partial charge in [0.05, 0.1) is 6.04 Å². The Morgan fingerprint density at radius 3 is 3.10 bits per heavy atom. The van der Waals surface area contributed by atoms with Gasteiger partial charge < -0.3 is 9.42 Å². The molecule has 3 heterocycles. The number of amides is 1. The van der Waals surface area contributed by atoms with Crippen molar-refractivity contribution >= 4 is 17.2 Å². The number of rotatable bonds is 2. The van der Waals surface area contributed by atoms with Crippen molar-refractivity contribution in [1.29, 1.82) is 0 Å². The van der Waals surface area contributed by atoms with E-state index in [1.165, 1.54) is 0 Å². The van der Waals surface area contributed by atoms with Gasteiger partial charge in [0.25, 0.3) is 5.91 Å². The van der Waals surface area contributed by atoms with E-state index in [9.17, 15) is 4.79 Å². The van der Waals surface area contributed by atoms with Crippen LogP contribution in [0.2, 0.25) is 0 Å². The Hall–Kier alpha value is -1.69. The number of hydrogen-bond acceptors (Lipinski definition) is 5. The number of fused-ring (bicyclic) bond motifs is 1. The molecule has 0 aromatic carbocycles. The Kier molecular flexibility index (Phi) is 3.25. The molecule has 1 atom stereocenters. The molecule has 0 N–H and O–H groups in total. The molecule has 2 aliphatic rings. The van der Waals surface area contributed by atoms with Crippen molar-refractivity contribution in [2.45, 2.75) is 44.6 Å². The van der Waals surface area contributed by atoms with Crippen molar-refractivity contribution in [2.24, 2.45) is 0 Å². The summed E-state index contributed by atoms with van der Waals surface area (Å²) in [5.41, 5.74) is 1.57. The molecule has 5 nitrogen and oxygen atoms in total. The molecule has 0 spiro atoms. The first kappa shape index (κ1) is 13.0. The van der Waals surface area contributed by atoms with Gasteiger partial charge in [-0.05, 0) is 32.1 Å². The Labute approximate surface area is 127 Å². The van der Waals surface area contributed by atoms with Crippen LogP contribution in [0, 0.1) is 0 Å². The number of nitrogens with zero attached hydrogens (tertiary/aromatic N) is 3. The van der Waals surface area contributed by atoms with Gasteiger partial charge in [-0.15, -0.1) is 11.3 Å². The van der Waals surface area contributed by atoms with E-state index in [1.54, 1.807) is 17.5 Å². The number of carbonyl (C=O) groups excluding carboxylic acids is 1. The molecule has 0 saturated carbocycles. The van der Waals surface area contributed by atoms with Crippen LogP contribution in [0.1, 0.15) is 58.5 Å². The normalized spacial score (nSPS) is 21.5. The van der Waals surface area contributed by atoms with Gasteiger partial charge in [-0.1, -0.05) is 5.16 Å². The molecule has 1 fully saturated rings. The number of carbonyl (C=O) groups is 1. The molecule has 1 aliphatic heterocycles. The average Bonchev–Trinajstić information content (AvgIpc) is 3.25. The molecule has 1 saturated heterocycles. The fourth-order valence-electron chi connectivity index (χ4n) is 3.35. The van der Waals surface area contributed by atoms with Gasteiger partial charge >= 0.3 is 0 Å². The van der Waals surface area contributed by atoms with E-state index in [-0.39, 0.29) is 11.9 Å². The third kappa shape index (κ3) is 2.18. The van der Waals surface area contributed by atoms with E-state index >= 15 is 0 Å². The molecule has 0 radical (unpaired) electrons. The van der Waals surface area contributed by atoms with Gasteiger partial charge in [-0.2, -0.15) is 0 Å². The van der Waals surface area contributed by atoms with Gasteiger partial charge in [-0.25, -0.2) is 4.98 Å². The lowest BCUT2D eigenvalue weighted by atomic mass is 9.96. The molecule has 2 aromatic heterocycles. The summed E-state index contributed by atoms with van der Waals surface area (Å²) in [5, 5.41) is 7.07. The van der Waals surface area contributed by atoms with E-state index in [0.29, 0.717) is 5.69 Å². The lowest BCUT2D eigenvalue weighted by Gasteiger charge is -2.22. The van der Waals surface area contributed by atoms with Crippen molar-refractivity contribution in [2.75, 3.05) is 6.54 Å². The number of hydrogen-bond donors (Lipinski definition) is 0. The molecule has 110 valence electrons. The highest BCUT2D eigenvalue weighted by Crippen LogP contribution is 2.35. The monoisotopic (exact) mass is 303 g/mol. The van der Waals surface area contributed by atoms with Crippen molar-refractivity contribution < 1.29 is 9.32 Å². The Balaban J connectivity index is 1.63. The highest BCUT2D eigenvalue weighted by Gasteiger charge is 2.35.